The topological polar surface area (TPSA) is 21.3 Å². The van der Waals surface area contributed by atoms with Crippen LogP contribution in [0.15, 0.2) is 0 Å². The maximum Gasteiger partial charge on any atom is 0.0476 e. The number of hydrogen-bond donors (Lipinski definition) is 1. The highest BCUT2D eigenvalue weighted by Crippen LogP contribution is 2.27. The minimum Gasteiger partial charge on any atom is -0.385 e. The fourth-order valence-electron chi connectivity index (χ4n) is 2.09. The highest BCUT2D eigenvalue weighted by atomic mass is 35.5. The molecule has 0 spiro atoms. The van der Waals surface area contributed by atoms with E-state index in [4.69, 9.17) is 16.3 Å². The highest BCUT2D eigenvalue weighted by molar-refractivity contribution is 6.20. The first kappa shape index (κ1) is 13.3. The van der Waals surface area contributed by atoms with Crippen molar-refractivity contribution in [3.8, 4) is 0 Å². The Morgan fingerprint density at radius 2 is 2.00 bits per heavy atom. The van der Waals surface area contributed by atoms with Crippen molar-refractivity contribution in [3.05, 3.63) is 0 Å². The van der Waals surface area contributed by atoms with Gasteiger partial charge in [0.15, 0.2) is 0 Å². The van der Waals surface area contributed by atoms with Gasteiger partial charge in [-0.3, -0.25) is 0 Å². The maximum atomic E-state index is 6.08. The second kappa shape index (κ2) is 7.48. The van der Waals surface area contributed by atoms with E-state index in [1.54, 1.807) is 7.11 Å². The summed E-state index contributed by atoms with van der Waals surface area (Å²) < 4.78 is 5.06. The number of methoxy groups -OCH3 is 1. The van der Waals surface area contributed by atoms with Crippen molar-refractivity contribution in [1.29, 1.82) is 0 Å². The molecular weight excluding hydrogens is 210 g/mol. The van der Waals surface area contributed by atoms with Gasteiger partial charge in [-0.25, -0.2) is 0 Å². The van der Waals surface area contributed by atoms with Crippen molar-refractivity contribution >= 4 is 11.6 Å². The van der Waals surface area contributed by atoms with E-state index in [9.17, 15) is 0 Å². The molecule has 0 aromatic heterocycles. The van der Waals surface area contributed by atoms with Crippen LogP contribution in [0.2, 0.25) is 0 Å². The van der Waals surface area contributed by atoms with Gasteiger partial charge in [0.1, 0.15) is 0 Å². The molecule has 0 radical (unpaired) electrons. The predicted molar refractivity (Wildman–Crippen MR) is 65.6 cm³/mol. The van der Waals surface area contributed by atoms with Gasteiger partial charge in [0.25, 0.3) is 0 Å². The summed E-state index contributed by atoms with van der Waals surface area (Å²) in [6.07, 6.45) is 6.07. The van der Waals surface area contributed by atoms with Gasteiger partial charge in [0, 0.05) is 25.1 Å². The van der Waals surface area contributed by atoms with E-state index in [1.807, 2.05) is 0 Å². The predicted octanol–water partition coefficient (Wildman–Crippen LogP) is 2.80. The zero-order valence-electron chi connectivity index (χ0n) is 9.97. The average Bonchev–Trinajstić information content (AvgIpc) is 2.25. The molecule has 0 bridgehead atoms. The van der Waals surface area contributed by atoms with Crippen LogP contribution < -0.4 is 5.32 Å². The lowest BCUT2D eigenvalue weighted by atomic mass is 9.89. The minimum absolute atomic E-state index is 0.437. The van der Waals surface area contributed by atoms with E-state index in [0.29, 0.717) is 11.4 Å². The number of alkyl halides is 1. The van der Waals surface area contributed by atoms with Crippen LogP contribution in [0.4, 0.5) is 0 Å². The van der Waals surface area contributed by atoms with E-state index >= 15 is 0 Å². The zero-order valence-corrected chi connectivity index (χ0v) is 10.7. The van der Waals surface area contributed by atoms with E-state index in [0.717, 1.165) is 25.5 Å². The molecule has 0 aromatic rings. The van der Waals surface area contributed by atoms with Crippen LogP contribution in [0.1, 0.15) is 39.0 Å². The van der Waals surface area contributed by atoms with Crippen LogP contribution in [0.25, 0.3) is 0 Å². The van der Waals surface area contributed by atoms with Crippen LogP contribution in [0, 0.1) is 5.92 Å². The van der Waals surface area contributed by atoms with E-state index in [-0.39, 0.29) is 0 Å². The SMILES string of the molecule is COCCC(C)NCC1CCC(Cl)CC1. The van der Waals surface area contributed by atoms with Gasteiger partial charge in [-0.2, -0.15) is 0 Å². The molecule has 1 saturated carbocycles. The summed E-state index contributed by atoms with van der Waals surface area (Å²) in [6, 6.07) is 0.568. The highest BCUT2D eigenvalue weighted by Gasteiger charge is 2.19. The Hall–Kier alpha value is 0.210. The zero-order chi connectivity index (χ0) is 11.1. The van der Waals surface area contributed by atoms with Crippen LogP contribution in [0.3, 0.4) is 0 Å². The number of nitrogens with one attached hydrogen (secondary N) is 1. The molecule has 1 unspecified atom stereocenters. The van der Waals surface area contributed by atoms with Gasteiger partial charge < -0.3 is 10.1 Å². The van der Waals surface area contributed by atoms with Crippen molar-refractivity contribution in [2.24, 2.45) is 5.92 Å². The molecule has 1 aliphatic carbocycles. The first-order valence-corrected chi connectivity index (χ1v) is 6.52. The first-order chi connectivity index (χ1) is 7.22. The molecule has 90 valence electrons. The van der Waals surface area contributed by atoms with Gasteiger partial charge in [0.05, 0.1) is 0 Å². The molecule has 3 heteroatoms. The fraction of sp³-hybridized carbons (Fsp3) is 1.00. The molecule has 1 N–H and O–H groups in total. The van der Waals surface area contributed by atoms with Crippen molar-refractivity contribution < 1.29 is 4.74 Å². The lowest BCUT2D eigenvalue weighted by Crippen LogP contribution is -2.33. The molecule has 1 fully saturated rings. The second-order valence-electron chi connectivity index (χ2n) is 4.71. The molecule has 2 nitrogen and oxygen atoms in total. The lowest BCUT2D eigenvalue weighted by molar-refractivity contribution is 0.183. The number of rotatable bonds is 6. The summed E-state index contributed by atoms with van der Waals surface area (Å²) in [6.45, 7) is 4.23. The largest absolute Gasteiger partial charge is 0.385 e. The van der Waals surface area contributed by atoms with Crippen LogP contribution in [0.5, 0.6) is 0 Å². The Morgan fingerprint density at radius 3 is 2.60 bits per heavy atom. The van der Waals surface area contributed by atoms with E-state index in [2.05, 4.69) is 12.2 Å². The van der Waals surface area contributed by atoms with E-state index < -0.39 is 0 Å². The molecule has 0 aromatic carbocycles. The fourth-order valence-corrected chi connectivity index (χ4v) is 2.34. The second-order valence-corrected chi connectivity index (χ2v) is 5.33. The maximum absolute atomic E-state index is 6.08. The van der Waals surface area contributed by atoms with Crippen molar-refractivity contribution in [1.82, 2.24) is 5.32 Å². The molecule has 1 rings (SSSR count). The third-order valence-electron chi connectivity index (χ3n) is 3.29. The molecule has 1 atom stereocenters. The van der Waals surface area contributed by atoms with Gasteiger partial charge in [0.2, 0.25) is 0 Å². The summed E-state index contributed by atoms with van der Waals surface area (Å²) in [5.41, 5.74) is 0. The Balaban J connectivity index is 2.04. The molecule has 1 aliphatic rings. The normalized spacial score (nSPS) is 29.0. The summed E-state index contributed by atoms with van der Waals surface area (Å²) in [7, 11) is 1.76. The number of halogens is 1. The van der Waals surface area contributed by atoms with Gasteiger partial charge in [-0.15, -0.1) is 11.6 Å². The van der Waals surface area contributed by atoms with Crippen LogP contribution in [-0.2, 0) is 4.74 Å². The molecule has 0 saturated heterocycles. The van der Waals surface area contributed by atoms with Crippen LogP contribution >= 0.6 is 11.6 Å². The molecular formula is C12H24ClNO. The van der Waals surface area contributed by atoms with Crippen molar-refractivity contribution in [3.63, 3.8) is 0 Å². The number of hydrogen-bond acceptors (Lipinski definition) is 2. The molecule has 0 amide bonds. The Kier molecular flexibility index (Phi) is 6.62. The summed E-state index contributed by atoms with van der Waals surface area (Å²) in [5.74, 6) is 0.838. The summed E-state index contributed by atoms with van der Waals surface area (Å²) in [4.78, 5) is 0. The molecule has 0 heterocycles. The third kappa shape index (κ3) is 5.74. The standard InChI is InChI=1S/C12H24ClNO/c1-10(7-8-15-2)14-9-11-3-5-12(13)6-4-11/h10-12,14H,3-9H2,1-2H3. The molecule has 0 aliphatic heterocycles. The Morgan fingerprint density at radius 1 is 1.33 bits per heavy atom. The quantitative estimate of drug-likeness (QED) is 0.713. The average molecular weight is 234 g/mol. The smallest absolute Gasteiger partial charge is 0.0476 e. The van der Waals surface area contributed by atoms with Crippen molar-refractivity contribution in [2.75, 3.05) is 20.3 Å². The third-order valence-corrected chi connectivity index (χ3v) is 3.72. The first-order valence-electron chi connectivity index (χ1n) is 6.08. The van der Waals surface area contributed by atoms with Gasteiger partial charge >= 0.3 is 0 Å². The van der Waals surface area contributed by atoms with Gasteiger partial charge in [-0.05, 0) is 51.5 Å². The summed E-state index contributed by atoms with van der Waals surface area (Å²) in [5, 5.41) is 4.02. The Labute approximate surface area is 98.7 Å². The monoisotopic (exact) mass is 233 g/mol. The van der Waals surface area contributed by atoms with Gasteiger partial charge in [-0.1, -0.05) is 0 Å². The minimum atomic E-state index is 0.437. The summed E-state index contributed by atoms with van der Waals surface area (Å²) >= 11 is 6.08. The number of ether oxygens (including phenoxy) is 1. The van der Waals surface area contributed by atoms with E-state index in [1.165, 1.54) is 25.7 Å². The molecule has 15 heavy (non-hydrogen) atoms. The van der Waals surface area contributed by atoms with Crippen molar-refractivity contribution in [2.45, 2.75) is 50.4 Å². The van der Waals surface area contributed by atoms with Crippen LogP contribution in [-0.4, -0.2) is 31.7 Å². The Bertz CT molecular complexity index is 158. The lowest BCUT2D eigenvalue weighted by Gasteiger charge is -2.26.